The second-order valence-electron chi connectivity index (χ2n) is 5.72. The van der Waals surface area contributed by atoms with Crippen LogP contribution >= 0.6 is 0 Å². The Morgan fingerprint density at radius 3 is 1.10 bits per heavy atom. The topological polar surface area (TPSA) is 17.1 Å². The Labute approximate surface area is 126 Å². The molecule has 0 amide bonds. The van der Waals surface area contributed by atoms with E-state index in [0.717, 1.165) is 31.2 Å². The fraction of sp³-hybridized carbons (Fsp3) is 0.333. The molecule has 0 atom stereocenters. The first-order chi connectivity index (χ1) is 9.31. The predicted molar refractivity (Wildman–Crippen MR) is 87.0 cm³/mol. The van der Waals surface area contributed by atoms with Crippen molar-refractivity contribution in [3.63, 3.8) is 0 Å². The summed E-state index contributed by atoms with van der Waals surface area (Å²) < 4.78 is 15.3. The molecule has 0 N–H and O–H groups in total. The molecule has 0 bridgehead atoms. The Balaban J connectivity index is 2.64. The van der Waals surface area contributed by atoms with Gasteiger partial charge in [-0.25, -0.2) is 0 Å². The SMILES string of the molecule is Cc1cc(C)c([Se](=O)c2c(C)cc(C)cc2C)c(C)c1. The Bertz CT molecular complexity index is 593. The standard InChI is InChI=1S/C18H22OSe/c1-11-7-13(3)17(14(4)8-11)20(19)18-15(5)9-12(2)10-16(18)6/h7-10H,1-6H3. The number of hydrogen-bond donors (Lipinski definition) is 0. The molecule has 2 aromatic rings. The Kier molecular flexibility index (Phi) is 4.27. The zero-order chi connectivity index (χ0) is 15.0. The third-order valence-electron chi connectivity index (χ3n) is 3.58. The summed E-state index contributed by atoms with van der Waals surface area (Å²) in [5.41, 5.74) is 7.09. The molecule has 0 aliphatic heterocycles. The van der Waals surface area contributed by atoms with E-state index in [1.165, 1.54) is 11.1 Å². The van der Waals surface area contributed by atoms with E-state index in [9.17, 15) is 3.83 Å². The Hall–Kier alpha value is -1.24. The molecule has 0 aliphatic rings. The van der Waals surface area contributed by atoms with Crippen LogP contribution in [0.25, 0.3) is 0 Å². The summed E-state index contributed by atoms with van der Waals surface area (Å²) in [4.78, 5) is 0. The third kappa shape index (κ3) is 2.77. The van der Waals surface area contributed by atoms with E-state index in [2.05, 4.69) is 65.8 Å². The van der Waals surface area contributed by atoms with Crippen molar-refractivity contribution in [1.29, 1.82) is 0 Å². The van der Waals surface area contributed by atoms with Gasteiger partial charge in [-0.2, -0.15) is 0 Å². The quantitative estimate of drug-likeness (QED) is 0.772. The average molecular weight is 333 g/mol. The van der Waals surface area contributed by atoms with Gasteiger partial charge >= 0.3 is 126 Å². The zero-order valence-electron chi connectivity index (χ0n) is 13.1. The summed E-state index contributed by atoms with van der Waals surface area (Å²) in [6.45, 7) is 12.5. The van der Waals surface area contributed by atoms with Gasteiger partial charge in [0.2, 0.25) is 0 Å². The average Bonchev–Trinajstić information content (AvgIpc) is 2.25. The number of aryl methyl sites for hydroxylation is 6. The fourth-order valence-corrected chi connectivity index (χ4v) is 6.40. The number of benzene rings is 2. The van der Waals surface area contributed by atoms with E-state index >= 15 is 0 Å². The normalized spacial score (nSPS) is 11.2. The van der Waals surface area contributed by atoms with Crippen LogP contribution < -0.4 is 8.92 Å². The van der Waals surface area contributed by atoms with Crippen LogP contribution in [-0.2, 0) is 3.83 Å². The summed E-state index contributed by atoms with van der Waals surface area (Å²) in [6.07, 6.45) is 0. The van der Waals surface area contributed by atoms with Crippen molar-refractivity contribution in [3.05, 3.63) is 57.6 Å². The van der Waals surface area contributed by atoms with Crippen molar-refractivity contribution in [2.75, 3.05) is 0 Å². The summed E-state index contributed by atoms with van der Waals surface area (Å²) in [6, 6.07) is 8.54. The van der Waals surface area contributed by atoms with Crippen LogP contribution in [-0.4, -0.2) is 13.8 Å². The molecular weight excluding hydrogens is 311 g/mol. The van der Waals surface area contributed by atoms with Crippen LogP contribution in [0.15, 0.2) is 24.3 Å². The Morgan fingerprint density at radius 1 is 0.600 bits per heavy atom. The molecular formula is C18H22OSe. The van der Waals surface area contributed by atoms with Gasteiger partial charge in [-0.05, 0) is 0 Å². The van der Waals surface area contributed by atoms with Gasteiger partial charge in [-0.1, -0.05) is 0 Å². The first-order valence-corrected chi connectivity index (χ1v) is 9.30. The first kappa shape index (κ1) is 15.2. The molecule has 0 heterocycles. The second kappa shape index (κ2) is 5.63. The van der Waals surface area contributed by atoms with Crippen LogP contribution in [0.1, 0.15) is 33.4 Å². The summed E-state index contributed by atoms with van der Waals surface area (Å²) >= 11 is -2.21. The van der Waals surface area contributed by atoms with E-state index < -0.39 is 13.8 Å². The van der Waals surface area contributed by atoms with E-state index in [-0.39, 0.29) is 0 Å². The van der Waals surface area contributed by atoms with Crippen LogP contribution in [0.3, 0.4) is 0 Å². The molecule has 0 spiro atoms. The van der Waals surface area contributed by atoms with Crippen LogP contribution in [0.4, 0.5) is 0 Å². The first-order valence-electron chi connectivity index (χ1n) is 6.88. The summed E-state index contributed by atoms with van der Waals surface area (Å²) in [5.74, 6) is 0. The molecule has 0 aliphatic carbocycles. The molecule has 2 rings (SSSR count). The van der Waals surface area contributed by atoms with Gasteiger partial charge in [0.1, 0.15) is 0 Å². The van der Waals surface area contributed by atoms with Crippen molar-refractivity contribution >= 4 is 22.8 Å². The van der Waals surface area contributed by atoms with Gasteiger partial charge in [-0.3, -0.25) is 0 Å². The number of rotatable bonds is 2. The summed E-state index contributed by atoms with van der Waals surface area (Å²) in [7, 11) is 0. The fourth-order valence-electron chi connectivity index (χ4n) is 3.02. The molecule has 2 heteroatoms. The maximum atomic E-state index is 13.2. The van der Waals surface area contributed by atoms with Crippen LogP contribution in [0.2, 0.25) is 0 Å². The second-order valence-corrected chi connectivity index (χ2v) is 8.57. The predicted octanol–water partition coefficient (Wildman–Crippen LogP) is 3.07. The van der Waals surface area contributed by atoms with E-state index in [1.807, 2.05) is 0 Å². The molecule has 0 fully saturated rings. The van der Waals surface area contributed by atoms with Crippen molar-refractivity contribution in [2.45, 2.75) is 41.5 Å². The third-order valence-corrected chi connectivity index (χ3v) is 7.84. The van der Waals surface area contributed by atoms with Crippen molar-refractivity contribution in [3.8, 4) is 0 Å². The van der Waals surface area contributed by atoms with E-state index in [1.54, 1.807) is 0 Å². The monoisotopic (exact) mass is 334 g/mol. The van der Waals surface area contributed by atoms with Crippen molar-refractivity contribution in [1.82, 2.24) is 0 Å². The molecule has 0 aromatic heterocycles. The van der Waals surface area contributed by atoms with E-state index in [0.29, 0.717) is 0 Å². The molecule has 0 saturated heterocycles. The Morgan fingerprint density at radius 2 is 0.850 bits per heavy atom. The van der Waals surface area contributed by atoms with Gasteiger partial charge in [0.05, 0.1) is 0 Å². The van der Waals surface area contributed by atoms with Crippen molar-refractivity contribution < 1.29 is 3.83 Å². The van der Waals surface area contributed by atoms with E-state index in [4.69, 9.17) is 0 Å². The van der Waals surface area contributed by atoms with Gasteiger partial charge in [0, 0.05) is 0 Å². The van der Waals surface area contributed by atoms with Gasteiger partial charge in [-0.15, -0.1) is 0 Å². The molecule has 0 unspecified atom stereocenters. The molecule has 0 radical (unpaired) electrons. The molecule has 1 nitrogen and oxygen atoms in total. The maximum absolute atomic E-state index is 13.2. The summed E-state index contributed by atoms with van der Waals surface area (Å²) in [5, 5.41) is 0. The van der Waals surface area contributed by atoms with Crippen molar-refractivity contribution in [2.24, 2.45) is 0 Å². The minimum atomic E-state index is -2.21. The molecule has 2 aromatic carbocycles. The van der Waals surface area contributed by atoms with Crippen LogP contribution in [0.5, 0.6) is 0 Å². The van der Waals surface area contributed by atoms with Gasteiger partial charge < -0.3 is 0 Å². The minimum absolute atomic E-state index is 1.06. The van der Waals surface area contributed by atoms with Gasteiger partial charge in [0.15, 0.2) is 0 Å². The molecule has 106 valence electrons. The number of hydrogen-bond acceptors (Lipinski definition) is 1. The molecule has 0 saturated carbocycles. The molecule has 20 heavy (non-hydrogen) atoms. The van der Waals surface area contributed by atoms with Gasteiger partial charge in [0.25, 0.3) is 0 Å². The van der Waals surface area contributed by atoms with Crippen LogP contribution in [0, 0.1) is 41.5 Å². The zero-order valence-corrected chi connectivity index (χ0v) is 14.8.